The molecule has 25 heavy (non-hydrogen) atoms. The highest BCUT2D eigenvalue weighted by Crippen LogP contribution is 2.35. The molecule has 4 heterocycles. The number of fused-ring (bicyclic) bond motifs is 2. The summed E-state index contributed by atoms with van der Waals surface area (Å²) < 4.78 is 0. The Bertz CT molecular complexity index is 815. The summed E-state index contributed by atoms with van der Waals surface area (Å²) in [7, 11) is 0. The van der Waals surface area contributed by atoms with Crippen molar-refractivity contribution in [1.82, 2.24) is 14.9 Å². The summed E-state index contributed by atoms with van der Waals surface area (Å²) >= 11 is 0. The highest BCUT2D eigenvalue weighted by Gasteiger charge is 2.47. The van der Waals surface area contributed by atoms with Gasteiger partial charge in [0.2, 0.25) is 0 Å². The lowest BCUT2D eigenvalue weighted by Gasteiger charge is -2.56. The zero-order valence-corrected chi connectivity index (χ0v) is 15.3. The fraction of sp³-hybridized carbons (Fsp3) is 0.450. The van der Waals surface area contributed by atoms with Gasteiger partial charge in [-0.25, -0.2) is 9.97 Å². The first-order chi connectivity index (χ1) is 11.9. The molecule has 3 saturated heterocycles. The number of anilines is 1. The number of nitrogens with zero attached hydrogens (tertiary/aromatic N) is 4. The largest absolute Gasteiger partial charge is 0.352 e. The maximum Gasteiger partial charge on any atom is 0.254 e. The van der Waals surface area contributed by atoms with E-state index in [9.17, 15) is 4.79 Å². The van der Waals surface area contributed by atoms with Crippen LogP contribution in [0, 0.1) is 27.7 Å². The number of aryl methyl sites for hydroxylation is 4. The van der Waals surface area contributed by atoms with Gasteiger partial charge in [-0.1, -0.05) is 6.07 Å². The van der Waals surface area contributed by atoms with E-state index in [1.54, 1.807) is 0 Å². The predicted molar refractivity (Wildman–Crippen MR) is 98.0 cm³/mol. The molecule has 2 unspecified atom stereocenters. The van der Waals surface area contributed by atoms with Crippen LogP contribution in [0.1, 0.15) is 39.4 Å². The summed E-state index contributed by atoms with van der Waals surface area (Å²) in [4.78, 5) is 26.2. The van der Waals surface area contributed by atoms with Gasteiger partial charge >= 0.3 is 0 Å². The van der Waals surface area contributed by atoms with Crippen LogP contribution in [-0.2, 0) is 0 Å². The summed E-state index contributed by atoms with van der Waals surface area (Å²) in [6, 6.07) is 8.60. The Hall–Kier alpha value is -2.43. The molecule has 130 valence electrons. The van der Waals surface area contributed by atoms with Crippen molar-refractivity contribution in [3.8, 4) is 0 Å². The second-order valence-corrected chi connectivity index (χ2v) is 7.37. The fourth-order valence-corrected chi connectivity index (χ4v) is 4.01. The molecule has 0 radical (unpaired) electrons. The van der Waals surface area contributed by atoms with Crippen molar-refractivity contribution in [1.29, 1.82) is 0 Å². The van der Waals surface area contributed by atoms with Crippen LogP contribution >= 0.6 is 0 Å². The standard InChI is InChI=1S/C20H24N4O/c1-12-5-6-16(7-13(12)2)20(25)24-17-9-18(24)11-23(10-17)19-8-14(3)21-15(4)22-19/h5-8,17-18H,9-11H2,1-4H3. The van der Waals surface area contributed by atoms with Crippen LogP contribution in [0.5, 0.6) is 0 Å². The lowest BCUT2D eigenvalue weighted by molar-refractivity contribution is 0.00574. The van der Waals surface area contributed by atoms with E-state index in [4.69, 9.17) is 0 Å². The summed E-state index contributed by atoms with van der Waals surface area (Å²) in [6.07, 6.45) is 1.09. The molecular formula is C20H24N4O. The molecule has 3 aliphatic heterocycles. The van der Waals surface area contributed by atoms with Gasteiger partial charge in [-0.15, -0.1) is 0 Å². The van der Waals surface area contributed by atoms with E-state index in [0.29, 0.717) is 0 Å². The van der Waals surface area contributed by atoms with Crippen molar-refractivity contribution >= 4 is 11.7 Å². The monoisotopic (exact) mass is 336 g/mol. The highest BCUT2D eigenvalue weighted by atomic mass is 16.2. The summed E-state index contributed by atoms with van der Waals surface area (Å²) in [5.41, 5.74) is 4.19. The van der Waals surface area contributed by atoms with Gasteiger partial charge in [0.1, 0.15) is 11.6 Å². The number of carbonyl (C=O) groups excluding carboxylic acids is 1. The van der Waals surface area contributed by atoms with E-state index >= 15 is 0 Å². The maximum absolute atomic E-state index is 12.9. The van der Waals surface area contributed by atoms with E-state index in [-0.39, 0.29) is 18.0 Å². The van der Waals surface area contributed by atoms with E-state index in [0.717, 1.165) is 42.4 Å². The Morgan fingerprint density at radius 2 is 1.72 bits per heavy atom. The van der Waals surface area contributed by atoms with Crippen LogP contribution in [0.2, 0.25) is 0 Å². The quantitative estimate of drug-likeness (QED) is 0.846. The van der Waals surface area contributed by atoms with Crippen molar-refractivity contribution in [2.45, 2.75) is 46.2 Å². The summed E-state index contributed by atoms with van der Waals surface area (Å²) in [5, 5.41) is 0. The molecule has 5 nitrogen and oxygen atoms in total. The van der Waals surface area contributed by atoms with Gasteiger partial charge in [0.05, 0.1) is 12.1 Å². The molecule has 0 spiro atoms. The van der Waals surface area contributed by atoms with Crippen molar-refractivity contribution in [3.05, 3.63) is 52.5 Å². The molecule has 1 amide bonds. The molecule has 2 bridgehead atoms. The number of hydrogen-bond acceptors (Lipinski definition) is 4. The Morgan fingerprint density at radius 1 is 1.00 bits per heavy atom. The van der Waals surface area contributed by atoms with Crippen LogP contribution in [-0.4, -0.2) is 45.9 Å². The molecule has 5 rings (SSSR count). The van der Waals surface area contributed by atoms with Crippen molar-refractivity contribution in [2.75, 3.05) is 18.0 Å². The third-order valence-electron chi connectivity index (χ3n) is 5.46. The first-order valence-electron chi connectivity index (χ1n) is 8.89. The van der Waals surface area contributed by atoms with Gasteiger partial charge in [0.15, 0.2) is 0 Å². The Labute approximate surface area is 148 Å². The number of amides is 1. The van der Waals surface area contributed by atoms with Crippen LogP contribution in [0.15, 0.2) is 24.3 Å². The number of aromatic nitrogens is 2. The predicted octanol–water partition coefficient (Wildman–Crippen LogP) is 2.81. The third kappa shape index (κ3) is 2.77. The lowest BCUT2D eigenvalue weighted by atomic mass is 9.86. The number of piperazine rings is 1. The van der Waals surface area contributed by atoms with Gasteiger partial charge in [-0.05, 0) is 57.4 Å². The van der Waals surface area contributed by atoms with Crippen LogP contribution in [0.4, 0.5) is 5.82 Å². The molecule has 3 aliphatic rings. The summed E-state index contributed by atoms with van der Waals surface area (Å²) in [6.45, 7) is 9.76. The van der Waals surface area contributed by atoms with Crippen LogP contribution in [0.3, 0.4) is 0 Å². The van der Waals surface area contributed by atoms with E-state index in [1.165, 1.54) is 11.1 Å². The average molecular weight is 336 g/mol. The van der Waals surface area contributed by atoms with Gasteiger partial charge in [0, 0.05) is 30.4 Å². The Morgan fingerprint density at radius 3 is 2.36 bits per heavy atom. The minimum Gasteiger partial charge on any atom is -0.352 e. The highest BCUT2D eigenvalue weighted by molar-refractivity contribution is 5.95. The Kier molecular flexibility index (Phi) is 3.74. The second kappa shape index (κ2) is 5.83. The molecule has 0 saturated carbocycles. The molecule has 2 atom stereocenters. The number of piperidine rings is 1. The number of carbonyl (C=O) groups is 1. The second-order valence-electron chi connectivity index (χ2n) is 7.37. The van der Waals surface area contributed by atoms with Gasteiger partial charge < -0.3 is 9.80 Å². The summed E-state index contributed by atoms with van der Waals surface area (Å²) in [5.74, 6) is 1.95. The molecule has 1 aromatic carbocycles. The first-order valence-corrected chi connectivity index (χ1v) is 8.89. The molecule has 1 aromatic heterocycles. The van der Waals surface area contributed by atoms with Crippen LogP contribution < -0.4 is 4.90 Å². The van der Waals surface area contributed by atoms with Crippen LogP contribution in [0.25, 0.3) is 0 Å². The van der Waals surface area contributed by atoms with Crippen molar-refractivity contribution < 1.29 is 4.79 Å². The third-order valence-corrected chi connectivity index (χ3v) is 5.46. The van der Waals surface area contributed by atoms with Crippen molar-refractivity contribution in [2.24, 2.45) is 0 Å². The molecule has 2 aromatic rings. The molecule has 0 aliphatic carbocycles. The molecular weight excluding hydrogens is 312 g/mol. The zero-order chi connectivity index (χ0) is 17.7. The minimum atomic E-state index is 0.166. The van der Waals surface area contributed by atoms with Gasteiger partial charge in [-0.2, -0.15) is 0 Å². The van der Waals surface area contributed by atoms with E-state index in [1.807, 2.05) is 38.1 Å². The SMILES string of the molecule is Cc1cc(N2CC3CC(C2)N3C(=O)c2ccc(C)c(C)c2)nc(C)n1. The zero-order valence-electron chi connectivity index (χ0n) is 15.3. The average Bonchev–Trinajstić information content (AvgIpc) is 2.56. The smallest absolute Gasteiger partial charge is 0.254 e. The van der Waals surface area contributed by atoms with E-state index < -0.39 is 0 Å². The molecule has 0 N–H and O–H groups in total. The lowest BCUT2D eigenvalue weighted by Crippen LogP contribution is -2.70. The van der Waals surface area contributed by atoms with E-state index in [2.05, 4.69) is 33.6 Å². The normalized spacial score (nSPS) is 21.9. The number of hydrogen-bond donors (Lipinski definition) is 0. The molecule has 5 heteroatoms. The van der Waals surface area contributed by atoms with Crippen molar-refractivity contribution in [3.63, 3.8) is 0 Å². The first kappa shape index (κ1) is 16.1. The number of benzene rings is 1. The number of rotatable bonds is 2. The minimum absolute atomic E-state index is 0.166. The Balaban J connectivity index is 1.51. The topological polar surface area (TPSA) is 49.3 Å². The molecule has 3 fully saturated rings. The maximum atomic E-state index is 12.9. The fourth-order valence-electron chi connectivity index (χ4n) is 4.01. The van der Waals surface area contributed by atoms with Gasteiger partial charge in [0.25, 0.3) is 5.91 Å². The van der Waals surface area contributed by atoms with Gasteiger partial charge in [-0.3, -0.25) is 4.79 Å².